The molecule has 1 aliphatic rings. The molecule has 2 aromatic heterocycles. The third kappa shape index (κ3) is 2.55. The van der Waals surface area contributed by atoms with E-state index >= 15 is 0 Å². The van der Waals surface area contributed by atoms with Crippen LogP contribution in [0.25, 0.3) is 22.1 Å². The quantitative estimate of drug-likeness (QED) is 0.795. The summed E-state index contributed by atoms with van der Waals surface area (Å²) in [5, 5.41) is 8.03. The third-order valence-corrected chi connectivity index (χ3v) is 4.74. The number of fused-ring (bicyclic) bond motifs is 1. The van der Waals surface area contributed by atoms with E-state index in [9.17, 15) is 0 Å². The van der Waals surface area contributed by atoms with Gasteiger partial charge >= 0.3 is 0 Å². The van der Waals surface area contributed by atoms with E-state index in [1.54, 1.807) is 0 Å². The van der Waals surface area contributed by atoms with Crippen LogP contribution in [0.1, 0.15) is 25.5 Å². The molecule has 1 aliphatic heterocycles. The summed E-state index contributed by atoms with van der Waals surface area (Å²) < 4.78 is 6.04. The van der Waals surface area contributed by atoms with E-state index < -0.39 is 0 Å². The summed E-state index contributed by atoms with van der Waals surface area (Å²) >= 11 is 0. The topological polar surface area (TPSA) is 45.1 Å². The first-order chi connectivity index (χ1) is 10.8. The van der Waals surface area contributed by atoms with Crippen molar-refractivity contribution in [2.24, 2.45) is 0 Å². The Morgan fingerprint density at radius 1 is 1.32 bits per heavy atom. The van der Waals surface area contributed by atoms with Crippen LogP contribution in [0.15, 0.2) is 41.1 Å². The van der Waals surface area contributed by atoms with Crippen molar-refractivity contribution in [3.63, 3.8) is 0 Å². The van der Waals surface area contributed by atoms with Crippen LogP contribution >= 0.6 is 0 Å². The summed E-state index contributed by atoms with van der Waals surface area (Å²) in [5.74, 6) is 1.08. The summed E-state index contributed by atoms with van der Waals surface area (Å²) in [6.45, 7) is 4.64. The Morgan fingerprint density at radius 2 is 2.27 bits per heavy atom. The standard InChI is InChI=1S/C18H21N3O/c1-13-3-2-7-21(13)8-6-17-9-15-5-4-14(10-18(15)22-17)16-11-19-20-12-16/h4-5,9-13H,2-3,6-8H2,1H3,(H,19,20)/t13-/m1/s1. The highest BCUT2D eigenvalue weighted by Crippen LogP contribution is 2.27. The van der Waals surface area contributed by atoms with Gasteiger partial charge in [-0.25, -0.2) is 0 Å². The van der Waals surface area contributed by atoms with Gasteiger partial charge in [-0.1, -0.05) is 12.1 Å². The zero-order chi connectivity index (χ0) is 14.9. The molecule has 0 radical (unpaired) electrons. The molecule has 0 spiro atoms. The van der Waals surface area contributed by atoms with Gasteiger partial charge in [-0.3, -0.25) is 5.10 Å². The molecule has 1 N–H and O–H groups in total. The number of aromatic nitrogens is 2. The number of likely N-dealkylation sites (tertiary alicyclic amines) is 1. The maximum Gasteiger partial charge on any atom is 0.134 e. The van der Waals surface area contributed by atoms with Crippen LogP contribution in [0.4, 0.5) is 0 Å². The van der Waals surface area contributed by atoms with E-state index in [1.807, 2.05) is 12.4 Å². The number of hydrogen-bond acceptors (Lipinski definition) is 3. The van der Waals surface area contributed by atoms with Gasteiger partial charge in [0.1, 0.15) is 11.3 Å². The first-order valence-electron chi connectivity index (χ1n) is 8.05. The zero-order valence-electron chi connectivity index (χ0n) is 12.9. The van der Waals surface area contributed by atoms with Gasteiger partial charge in [0.15, 0.2) is 0 Å². The molecule has 0 aliphatic carbocycles. The Bertz CT molecular complexity index is 760. The van der Waals surface area contributed by atoms with Crippen molar-refractivity contribution in [3.05, 3.63) is 42.4 Å². The number of hydrogen-bond donors (Lipinski definition) is 1. The van der Waals surface area contributed by atoms with Crippen molar-refractivity contribution < 1.29 is 4.42 Å². The SMILES string of the molecule is C[C@@H]1CCCN1CCc1cc2ccc(-c3cn[nH]c3)cc2o1. The fraction of sp³-hybridized carbons (Fsp3) is 0.389. The van der Waals surface area contributed by atoms with Gasteiger partial charge < -0.3 is 9.32 Å². The second-order valence-electron chi connectivity index (χ2n) is 6.23. The molecule has 0 amide bonds. The number of rotatable bonds is 4. The molecule has 1 atom stereocenters. The van der Waals surface area contributed by atoms with Gasteiger partial charge in [-0.2, -0.15) is 5.10 Å². The minimum absolute atomic E-state index is 0.720. The lowest BCUT2D eigenvalue weighted by Gasteiger charge is -2.19. The van der Waals surface area contributed by atoms with Crippen LogP contribution in [0.5, 0.6) is 0 Å². The van der Waals surface area contributed by atoms with Crippen LogP contribution in [0.3, 0.4) is 0 Å². The van der Waals surface area contributed by atoms with Crippen LogP contribution < -0.4 is 0 Å². The molecule has 4 rings (SSSR count). The number of nitrogens with one attached hydrogen (secondary N) is 1. The highest BCUT2D eigenvalue weighted by Gasteiger charge is 2.20. The first kappa shape index (κ1) is 13.6. The van der Waals surface area contributed by atoms with Crippen molar-refractivity contribution in [1.82, 2.24) is 15.1 Å². The molecule has 0 bridgehead atoms. The van der Waals surface area contributed by atoms with E-state index in [-0.39, 0.29) is 0 Å². The fourth-order valence-corrected chi connectivity index (χ4v) is 3.38. The molecule has 1 saturated heterocycles. The first-order valence-corrected chi connectivity index (χ1v) is 8.05. The minimum Gasteiger partial charge on any atom is -0.461 e. The second-order valence-corrected chi connectivity index (χ2v) is 6.23. The van der Waals surface area contributed by atoms with Crippen molar-refractivity contribution in [3.8, 4) is 11.1 Å². The van der Waals surface area contributed by atoms with Crippen LogP contribution in [0, 0.1) is 0 Å². The highest BCUT2D eigenvalue weighted by atomic mass is 16.3. The predicted molar refractivity (Wildman–Crippen MR) is 87.8 cm³/mol. The number of furan rings is 1. The molecule has 3 aromatic rings. The van der Waals surface area contributed by atoms with Crippen molar-refractivity contribution >= 4 is 11.0 Å². The molecule has 1 fully saturated rings. The summed E-state index contributed by atoms with van der Waals surface area (Å²) in [5.41, 5.74) is 3.18. The van der Waals surface area contributed by atoms with Crippen molar-refractivity contribution in [2.45, 2.75) is 32.2 Å². The summed E-state index contributed by atoms with van der Waals surface area (Å²) in [6, 6.07) is 9.24. The lowest BCUT2D eigenvalue weighted by atomic mass is 10.1. The summed E-state index contributed by atoms with van der Waals surface area (Å²) in [7, 11) is 0. The normalized spacial score (nSPS) is 19.2. The monoisotopic (exact) mass is 295 g/mol. The number of nitrogens with zero attached hydrogens (tertiary/aromatic N) is 2. The van der Waals surface area contributed by atoms with E-state index in [2.05, 4.69) is 46.3 Å². The van der Waals surface area contributed by atoms with E-state index in [0.717, 1.165) is 41.5 Å². The predicted octanol–water partition coefficient (Wildman–Crippen LogP) is 3.85. The molecule has 4 heteroatoms. The van der Waals surface area contributed by atoms with Gasteiger partial charge in [0.2, 0.25) is 0 Å². The average Bonchev–Trinajstić information content (AvgIpc) is 3.25. The molecule has 3 heterocycles. The van der Waals surface area contributed by atoms with Crippen molar-refractivity contribution in [2.75, 3.05) is 13.1 Å². The Hall–Kier alpha value is -2.07. The Morgan fingerprint density at radius 3 is 3.05 bits per heavy atom. The lowest BCUT2D eigenvalue weighted by Crippen LogP contribution is -2.28. The molecule has 0 unspecified atom stereocenters. The smallest absolute Gasteiger partial charge is 0.134 e. The van der Waals surface area contributed by atoms with Gasteiger partial charge in [-0.05, 0) is 44.0 Å². The van der Waals surface area contributed by atoms with E-state index in [4.69, 9.17) is 4.42 Å². The molecular formula is C18H21N3O. The Kier molecular flexibility index (Phi) is 3.47. The van der Waals surface area contributed by atoms with Gasteiger partial charge in [0, 0.05) is 36.2 Å². The largest absolute Gasteiger partial charge is 0.461 e. The second kappa shape index (κ2) is 5.61. The maximum absolute atomic E-state index is 6.04. The molecule has 0 saturated carbocycles. The molecule has 4 nitrogen and oxygen atoms in total. The van der Waals surface area contributed by atoms with Gasteiger partial charge in [0.25, 0.3) is 0 Å². The summed E-state index contributed by atoms with van der Waals surface area (Å²) in [6.07, 6.45) is 7.38. The lowest BCUT2D eigenvalue weighted by molar-refractivity contribution is 0.266. The maximum atomic E-state index is 6.04. The molecular weight excluding hydrogens is 274 g/mol. The highest BCUT2D eigenvalue weighted by molar-refractivity contribution is 5.83. The van der Waals surface area contributed by atoms with E-state index in [1.165, 1.54) is 24.8 Å². The van der Waals surface area contributed by atoms with Gasteiger partial charge in [0.05, 0.1) is 6.20 Å². The number of benzene rings is 1. The van der Waals surface area contributed by atoms with Crippen LogP contribution in [0.2, 0.25) is 0 Å². The van der Waals surface area contributed by atoms with Gasteiger partial charge in [-0.15, -0.1) is 0 Å². The summed E-state index contributed by atoms with van der Waals surface area (Å²) in [4.78, 5) is 2.56. The third-order valence-electron chi connectivity index (χ3n) is 4.74. The fourth-order valence-electron chi connectivity index (χ4n) is 3.38. The van der Waals surface area contributed by atoms with E-state index in [0.29, 0.717) is 0 Å². The van der Waals surface area contributed by atoms with Crippen LogP contribution in [-0.4, -0.2) is 34.2 Å². The number of aromatic amines is 1. The Labute approximate surface area is 130 Å². The molecule has 22 heavy (non-hydrogen) atoms. The molecule has 114 valence electrons. The Balaban J connectivity index is 1.53. The molecule has 1 aromatic carbocycles. The average molecular weight is 295 g/mol. The zero-order valence-corrected chi connectivity index (χ0v) is 12.9. The minimum atomic E-state index is 0.720. The number of H-pyrrole nitrogens is 1. The van der Waals surface area contributed by atoms with Crippen LogP contribution in [-0.2, 0) is 6.42 Å². The van der Waals surface area contributed by atoms with Crippen molar-refractivity contribution in [1.29, 1.82) is 0 Å².